The van der Waals surface area contributed by atoms with Crippen LogP contribution >= 0.6 is 37.2 Å². The Kier molecular flexibility index (Phi) is 8.15. The Labute approximate surface area is 129 Å². The van der Waals surface area contributed by atoms with Crippen LogP contribution in [0.3, 0.4) is 0 Å². The number of rotatable bonds is 0. The van der Waals surface area contributed by atoms with E-state index in [1.54, 1.807) is 0 Å². The normalized spacial score (nSPS) is 19.9. The van der Waals surface area contributed by atoms with Crippen LogP contribution in [0.1, 0.15) is 34.6 Å². The molecule has 0 aromatic heterocycles. The molecule has 0 bridgehead atoms. The Morgan fingerprint density at radius 2 is 1.43 bits per heavy atom. The van der Waals surface area contributed by atoms with Crippen molar-refractivity contribution in [3.05, 3.63) is 20.6 Å². The fourth-order valence-electron chi connectivity index (χ4n) is 1.59. The predicted octanol–water partition coefficient (Wildman–Crippen LogP) is 1.96. The van der Waals surface area contributed by atoms with Gasteiger partial charge in [-0.3, -0.25) is 0 Å². The Morgan fingerprint density at radius 1 is 1.07 bits per heavy atom. The average Bonchev–Trinajstić information content (AvgIpc) is 2.23. The van der Waals surface area contributed by atoms with Crippen LogP contribution in [0, 0.1) is 5.41 Å². The van der Waals surface area contributed by atoms with Gasteiger partial charge in [0.2, 0.25) is 0 Å². The minimum absolute atomic E-state index is 0.314. The number of allylic oxidation sites excluding steroid dienone is 4. The third kappa shape index (κ3) is 3.70. The third-order valence-electron chi connectivity index (χ3n) is 3.06. The van der Waals surface area contributed by atoms with E-state index in [1.165, 1.54) is 20.6 Å². The van der Waals surface area contributed by atoms with Gasteiger partial charge in [0, 0.05) is 0 Å². The molecule has 0 aromatic carbocycles. The fraction of sp³-hybridized carbons (Fsp3) is 0.600. The van der Waals surface area contributed by atoms with Gasteiger partial charge in [-0.1, -0.05) is 0 Å². The van der Waals surface area contributed by atoms with Gasteiger partial charge < -0.3 is 0 Å². The molecule has 0 spiro atoms. The molecule has 1 aliphatic carbocycles. The molecular weight excluding hydrogens is 549 g/mol. The van der Waals surface area contributed by atoms with E-state index >= 15 is 0 Å². The molecule has 4 heteroatoms. The molecule has 1 rings (SSSR count). The van der Waals surface area contributed by atoms with Crippen LogP contribution in [0.2, 0.25) is 0 Å². The van der Waals surface area contributed by atoms with Crippen molar-refractivity contribution in [3.8, 4) is 0 Å². The summed E-state index contributed by atoms with van der Waals surface area (Å²) in [7, 11) is 0. The number of halogens is 3. The van der Waals surface area contributed by atoms with Crippen LogP contribution in [-0.2, 0) is 20.4 Å². The first-order valence-corrected chi connectivity index (χ1v) is 17.6. The van der Waals surface area contributed by atoms with Crippen molar-refractivity contribution in [3.63, 3.8) is 0 Å². The van der Waals surface area contributed by atoms with Gasteiger partial charge in [0.15, 0.2) is 0 Å². The van der Waals surface area contributed by atoms with Gasteiger partial charge >= 0.3 is 132 Å². The van der Waals surface area contributed by atoms with E-state index in [2.05, 4.69) is 92.3 Å². The second kappa shape index (κ2) is 6.96. The molecule has 0 saturated carbocycles. The molecule has 81 valence electrons. The molecule has 0 fully saturated rings. The van der Waals surface area contributed by atoms with E-state index < -0.39 is 0 Å². The van der Waals surface area contributed by atoms with Crippen molar-refractivity contribution < 1.29 is 33.7 Å². The average molecular weight is 564 g/mol. The maximum atomic E-state index is 2.39. The monoisotopic (exact) mass is 564 g/mol. The summed E-state index contributed by atoms with van der Waals surface area (Å²) in [6.45, 7) is 11.3. The summed E-state index contributed by atoms with van der Waals surface area (Å²) in [5.74, 6) is 0. The van der Waals surface area contributed by atoms with E-state index in [4.69, 9.17) is 0 Å². The quantitative estimate of drug-likeness (QED) is 0.312. The van der Waals surface area contributed by atoms with Crippen molar-refractivity contribution in [2.24, 2.45) is 5.41 Å². The first kappa shape index (κ1) is 16.4. The van der Waals surface area contributed by atoms with Crippen LogP contribution in [0.15, 0.2) is 20.6 Å². The van der Waals surface area contributed by atoms with Gasteiger partial charge in [-0.15, -0.1) is 0 Å². The number of hydrogen-bond donors (Lipinski definition) is 0. The van der Waals surface area contributed by atoms with Crippen molar-refractivity contribution in [2.75, 3.05) is 0 Å². The molecular formula is C10H15I3Ti-. The summed E-state index contributed by atoms with van der Waals surface area (Å²) in [5.41, 5.74) is 4.83. The Balaban J connectivity index is 0.000000500. The van der Waals surface area contributed by atoms with Crippen molar-refractivity contribution >= 4 is 37.2 Å². The van der Waals surface area contributed by atoms with Crippen LogP contribution in [0.25, 0.3) is 0 Å². The molecule has 0 radical (unpaired) electrons. The van der Waals surface area contributed by atoms with Crippen LogP contribution < -0.4 is 13.3 Å². The van der Waals surface area contributed by atoms with E-state index in [9.17, 15) is 0 Å². The molecule has 0 nitrogen and oxygen atoms in total. The van der Waals surface area contributed by atoms with Crippen LogP contribution in [0.4, 0.5) is 0 Å². The molecule has 0 N–H and O–H groups in total. The zero-order valence-electron chi connectivity index (χ0n) is 9.13. The first-order chi connectivity index (χ1) is 6.30. The molecule has 0 aromatic rings. The summed E-state index contributed by atoms with van der Waals surface area (Å²) in [6, 6.07) is 0. The fourth-order valence-corrected chi connectivity index (χ4v) is 2.18. The summed E-state index contributed by atoms with van der Waals surface area (Å²) in [4.78, 5) is 0. The first-order valence-electron chi connectivity index (χ1n) is 4.29. The minimum atomic E-state index is 0.314. The second-order valence-electron chi connectivity index (χ2n) is 3.93. The van der Waals surface area contributed by atoms with Crippen molar-refractivity contribution in [2.45, 2.75) is 34.6 Å². The van der Waals surface area contributed by atoms with E-state index in [-0.39, 0.29) is 0 Å². The molecule has 1 aliphatic rings. The van der Waals surface area contributed by atoms with E-state index in [0.717, 1.165) is 0 Å². The molecule has 0 amide bonds. The van der Waals surface area contributed by atoms with Gasteiger partial charge in [0.25, 0.3) is 0 Å². The zero-order chi connectivity index (χ0) is 11.5. The zero-order valence-corrected chi connectivity index (χ0v) is 17.2. The number of hydrogen-bond acceptors (Lipinski definition) is 0. The van der Waals surface area contributed by atoms with Gasteiger partial charge in [-0.2, -0.15) is 0 Å². The Bertz CT molecular complexity index is 251. The van der Waals surface area contributed by atoms with Crippen molar-refractivity contribution in [1.29, 1.82) is 0 Å². The Hall–Kier alpha value is 2.38. The van der Waals surface area contributed by atoms with Gasteiger partial charge in [-0.05, 0) is 0 Å². The van der Waals surface area contributed by atoms with Crippen molar-refractivity contribution in [1.82, 2.24) is 0 Å². The molecule has 0 atom stereocenters. The van der Waals surface area contributed by atoms with E-state index in [1.807, 2.05) is 0 Å². The summed E-state index contributed by atoms with van der Waals surface area (Å²) >= 11 is 7.55. The third-order valence-corrected chi connectivity index (χ3v) is 4.62. The predicted molar refractivity (Wildman–Crippen MR) is 72.9 cm³/mol. The van der Waals surface area contributed by atoms with Crippen LogP contribution in [0.5, 0.6) is 0 Å². The second-order valence-corrected chi connectivity index (χ2v) is 21.0. The van der Waals surface area contributed by atoms with E-state index in [0.29, 0.717) is 18.7 Å². The SMILES string of the molecule is CC1=C(C)C(C)(C)[C]([Ti])=C1C.I[I-]I. The summed E-state index contributed by atoms with van der Waals surface area (Å²) in [5, 5.41) is 0. The Morgan fingerprint density at radius 3 is 1.50 bits per heavy atom. The van der Waals surface area contributed by atoms with Crippen LogP contribution in [-0.4, -0.2) is 0 Å². The van der Waals surface area contributed by atoms with Gasteiger partial charge in [0.1, 0.15) is 0 Å². The van der Waals surface area contributed by atoms with Gasteiger partial charge in [-0.25, -0.2) is 0 Å². The molecule has 0 saturated heterocycles. The van der Waals surface area contributed by atoms with Gasteiger partial charge in [0.05, 0.1) is 0 Å². The topological polar surface area (TPSA) is 0 Å². The standard InChI is InChI=1S/C10H15.I3.Ti/c1-7-6-10(4,5)9(3)8(7)2;1-3-2;/h1-5H3;;/q;-1;. The maximum absolute atomic E-state index is 2.39. The molecule has 0 unspecified atom stereocenters. The summed E-state index contributed by atoms with van der Waals surface area (Å²) < 4.78 is 1.53. The molecule has 14 heavy (non-hydrogen) atoms. The molecule has 0 heterocycles. The molecule has 0 aliphatic heterocycles. The summed E-state index contributed by atoms with van der Waals surface area (Å²) in [6.07, 6.45) is 0.